The number of ether oxygens (including phenoxy) is 2. The van der Waals surface area contributed by atoms with Gasteiger partial charge in [0.2, 0.25) is 0 Å². The summed E-state index contributed by atoms with van der Waals surface area (Å²) in [7, 11) is 1.67. The van der Waals surface area contributed by atoms with Gasteiger partial charge in [0.15, 0.2) is 0 Å². The summed E-state index contributed by atoms with van der Waals surface area (Å²) in [4.78, 5) is 6.91. The largest absolute Gasteiger partial charge is 0.497 e. The van der Waals surface area contributed by atoms with Gasteiger partial charge in [0.25, 0.3) is 0 Å². The Bertz CT molecular complexity index is 913. The Morgan fingerprint density at radius 3 is 2.07 bits per heavy atom. The highest BCUT2D eigenvalue weighted by Crippen LogP contribution is 2.22. The van der Waals surface area contributed by atoms with Crippen molar-refractivity contribution in [1.29, 1.82) is 0 Å². The van der Waals surface area contributed by atoms with E-state index in [0.717, 1.165) is 53.5 Å². The van der Waals surface area contributed by atoms with Crippen molar-refractivity contribution in [3.8, 4) is 22.6 Å². The number of benzene rings is 2. The summed E-state index contributed by atoms with van der Waals surface area (Å²) in [5.41, 5.74) is 4.25. The number of methoxy groups -OCH3 is 1. The van der Waals surface area contributed by atoms with Gasteiger partial charge in [-0.15, -0.1) is 0 Å². The van der Waals surface area contributed by atoms with E-state index in [2.05, 4.69) is 48.0 Å². The van der Waals surface area contributed by atoms with Crippen molar-refractivity contribution in [2.75, 3.05) is 33.4 Å². The van der Waals surface area contributed by atoms with Gasteiger partial charge in [0.1, 0.15) is 18.1 Å². The third kappa shape index (κ3) is 6.19. The molecule has 2 aromatic carbocycles. The maximum atomic E-state index is 5.84. The van der Waals surface area contributed by atoms with E-state index in [1.807, 2.05) is 54.7 Å². The molecule has 0 N–H and O–H groups in total. The van der Waals surface area contributed by atoms with Crippen molar-refractivity contribution in [3.63, 3.8) is 0 Å². The normalized spacial score (nSPS) is 11.2. The molecule has 1 aromatic heterocycles. The van der Waals surface area contributed by atoms with E-state index in [-0.39, 0.29) is 0 Å². The first-order chi connectivity index (χ1) is 14.7. The Balaban J connectivity index is 1.55. The molecule has 0 radical (unpaired) electrons. The molecule has 4 nitrogen and oxygen atoms in total. The van der Waals surface area contributed by atoms with Crippen molar-refractivity contribution < 1.29 is 9.47 Å². The molecule has 3 aromatic rings. The Morgan fingerprint density at radius 1 is 0.800 bits per heavy atom. The summed E-state index contributed by atoms with van der Waals surface area (Å²) < 4.78 is 11.1. The number of rotatable bonds is 10. The minimum absolute atomic E-state index is 0.710. The SMILES string of the molecule is CCN(CC)CCOc1ccc(/C=C\c2ccc(-c3ccc(OC)cc3)cn2)cc1. The Kier molecular flexibility index (Phi) is 8.04. The smallest absolute Gasteiger partial charge is 0.119 e. The Hall–Kier alpha value is -3.11. The van der Waals surface area contributed by atoms with Crippen LogP contribution in [0.2, 0.25) is 0 Å². The van der Waals surface area contributed by atoms with Gasteiger partial charge in [0, 0.05) is 18.3 Å². The van der Waals surface area contributed by atoms with Gasteiger partial charge < -0.3 is 14.4 Å². The Labute approximate surface area is 179 Å². The lowest BCUT2D eigenvalue weighted by atomic mass is 10.1. The molecule has 0 amide bonds. The zero-order chi connectivity index (χ0) is 21.2. The minimum atomic E-state index is 0.710. The van der Waals surface area contributed by atoms with Crippen LogP contribution in [-0.4, -0.2) is 43.2 Å². The van der Waals surface area contributed by atoms with Crippen LogP contribution < -0.4 is 9.47 Å². The zero-order valence-corrected chi connectivity index (χ0v) is 18.0. The number of hydrogen-bond acceptors (Lipinski definition) is 4. The van der Waals surface area contributed by atoms with Crippen LogP contribution in [-0.2, 0) is 0 Å². The first kappa shape index (κ1) is 21.6. The fourth-order valence-electron chi connectivity index (χ4n) is 3.15. The summed E-state index contributed by atoms with van der Waals surface area (Å²) >= 11 is 0. The molecule has 1 heterocycles. The van der Waals surface area contributed by atoms with E-state index in [1.54, 1.807) is 7.11 Å². The third-order valence-corrected chi connectivity index (χ3v) is 5.11. The van der Waals surface area contributed by atoms with E-state index in [4.69, 9.17) is 9.47 Å². The highest BCUT2D eigenvalue weighted by Gasteiger charge is 2.01. The molecule has 0 aliphatic rings. The van der Waals surface area contributed by atoms with Crippen LogP contribution in [0.5, 0.6) is 11.5 Å². The molecule has 0 atom stereocenters. The van der Waals surface area contributed by atoms with E-state index in [1.165, 1.54) is 0 Å². The summed E-state index contributed by atoms with van der Waals surface area (Å²) in [5, 5.41) is 0. The van der Waals surface area contributed by atoms with Crippen LogP contribution in [0, 0.1) is 0 Å². The maximum Gasteiger partial charge on any atom is 0.119 e. The Morgan fingerprint density at radius 2 is 1.47 bits per heavy atom. The second kappa shape index (κ2) is 11.2. The van der Waals surface area contributed by atoms with Crippen LogP contribution in [0.4, 0.5) is 0 Å². The maximum absolute atomic E-state index is 5.84. The molecule has 0 saturated carbocycles. The van der Waals surface area contributed by atoms with Crippen LogP contribution in [0.15, 0.2) is 66.9 Å². The van der Waals surface area contributed by atoms with Crippen LogP contribution in [0.25, 0.3) is 23.3 Å². The summed E-state index contributed by atoms with van der Waals surface area (Å²) in [5.74, 6) is 1.76. The first-order valence-corrected chi connectivity index (χ1v) is 10.5. The standard InChI is InChI=1S/C26H30N2O2/c1-4-28(5-2)18-19-30-26-14-7-21(8-15-26)6-12-24-13-9-23(20-27-24)22-10-16-25(29-3)17-11-22/h6-17,20H,4-5,18-19H2,1-3H3/b12-6-. The monoisotopic (exact) mass is 402 g/mol. The van der Waals surface area contributed by atoms with E-state index >= 15 is 0 Å². The quantitative estimate of drug-likeness (QED) is 0.439. The van der Waals surface area contributed by atoms with Crippen LogP contribution in [0.3, 0.4) is 0 Å². The molecule has 0 fully saturated rings. The predicted molar refractivity (Wildman–Crippen MR) is 125 cm³/mol. The zero-order valence-electron chi connectivity index (χ0n) is 18.0. The fraction of sp³-hybridized carbons (Fsp3) is 0.269. The fourth-order valence-corrected chi connectivity index (χ4v) is 3.15. The molecule has 0 aliphatic carbocycles. The average Bonchev–Trinajstić information content (AvgIpc) is 2.82. The van der Waals surface area contributed by atoms with E-state index in [0.29, 0.717) is 6.61 Å². The summed E-state index contributed by atoms with van der Waals surface area (Å²) in [6, 6.07) is 20.3. The molecule has 0 unspecified atom stereocenters. The molecule has 0 bridgehead atoms. The van der Waals surface area contributed by atoms with Gasteiger partial charge in [-0.25, -0.2) is 0 Å². The molecule has 0 saturated heterocycles. The van der Waals surface area contributed by atoms with Crippen molar-refractivity contribution in [1.82, 2.24) is 9.88 Å². The van der Waals surface area contributed by atoms with Crippen LogP contribution >= 0.6 is 0 Å². The molecule has 0 spiro atoms. The minimum Gasteiger partial charge on any atom is -0.497 e. The number of likely N-dealkylation sites (N-methyl/N-ethyl adjacent to an activating group) is 1. The van der Waals surface area contributed by atoms with Gasteiger partial charge in [-0.1, -0.05) is 50.3 Å². The van der Waals surface area contributed by atoms with Gasteiger partial charge in [-0.2, -0.15) is 0 Å². The first-order valence-electron chi connectivity index (χ1n) is 10.5. The number of hydrogen-bond donors (Lipinski definition) is 0. The van der Waals surface area contributed by atoms with Crippen molar-refractivity contribution in [3.05, 3.63) is 78.1 Å². The second-order valence-electron chi connectivity index (χ2n) is 6.98. The van der Waals surface area contributed by atoms with Gasteiger partial charge in [-0.3, -0.25) is 4.98 Å². The van der Waals surface area contributed by atoms with Gasteiger partial charge in [-0.05, 0) is 60.6 Å². The topological polar surface area (TPSA) is 34.6 Å². The molecule has 3 rings (SSSR count). The van der Waals surface area contributed by atoms with Gasteiger partial charge in [0.05, 0.1) is 12.8 Å². The lowest BCUT2D eigenvalue weighted by molar-refractivity contribution is 0.223. The molecular weight excluding hydrogens is 372 g/mol. The molecule has 4 heteroatoms. The van der Waals surface area contributed by atoms with Crippen molar-refractivity contribution >= 4 is 12.2 Å². The third-order valence-electron chi connectivity index (χ3n) is 5.11. The number of aromatic nitrogens is 1. The van der Waals surface area contributed by atoms with Crippen molar-refractivity contribution in [2.45, 2.75) is 13.8 Å². The summed E-state index contributed by atoms with van der Waals surface area (Å²) in [6.07, 6.45) is 5.98. The molecule has 30 heavy (non-hydrogen) atoms. The molecular formula is C26H30N2O2. The summed E-state index contributed by atoms with van der Waals surface area (Å²) in [6.45, 7) is 8.11. The lowest BCUT2D eigenvalue weighted by Gasteiger charge is -2.17. The lowest BCUT2D eigenvalue weighted by Crippen LogP contribution is -2.27. The van der Waals surface area contributed by atoms with E-state index in [9.17, 15) is 0 Å². The highest BCUT2D eigenvalue weighted by atomic mass is 16.5. The average molecular weight is 403 g/mol. The predicted octanol–water partition coefficient (Wildman–Crippen LogP) is 5.65. The van der Waals surface area contributed by atoms with Crippen molar-refractivity contribution in [2.24, 2.45) is 0 Å². The molecule has 0 aliphatic heterocycles. The molecule has 156 valence electrons. The second-order valence-corrected chi connectivity index (χ2v) is 6.98. The van der Waals surface area contributed by atoms with E-state index < -0.39 is 0 Å². The number of nitrogens with zero attached hydrogens (tertiary/aromatic N) is 2. The number of pyridine rings is 1. The highest BCUT2D eigenvalue weighted by molar-refractivity contribution is 5.70. The van der Waals surface area contributed by atoms with Crippen LogP contribution in [0.1, 0.15) is 25.1 Å². The van der Waals surface area contributed by atoms with Gasteiger partial charge >= 0.3 is 0 Å².